The molecule has 1 aliphatic rings. The Hall–Kier alpha value is -3.57. The van der Waals surface area contributed by atoms with Crippen LogP contribution in [0.2, 0.25) is 5.02 Å². The van der Waals surface area contributed by atoms with E-state index in [0.29, 0.717) is 29.1 Å². The van der Waals surface area contributed by atoms with Gasteiger partial charge in [-0.3, -0.25) is 13.8 Å². The molecule has 0 bridgehead atoms. The molecule has 0 saturated heterocycles. The number of esters is 1. The lowest BCUT2D eigenvalue weighted by molar-refractivity contribution is -0.141. The quantitative estimate of drug-likeness (QED) is 0.225. The Morgan fingerprint density at radius 1 is 1.27 bits per heavy atom. The highest BCUT2D eigenvalue weighted by Crippen LogP contribution is 2.41. The van der Waals surface area contributed by atoms with Crippen LogP contribution in [0.3, 0.4) is 0 Å². The highest BCUT2D eigenvalue weighted by molar-refractivity contribution is 7.93. The van der Waals surface area contributed by atoms with E-state index in [0.717, 1.165) is 0 Å². The second-order valence-corrected chi connectivity index (χ2v) is 11.4. The average Bonchev–Trinajstić information content (AvgIpc) is 3.35. The molecule has 0 unspecified atom stereocenters. The number of anilines is 1. The molecule has 4 rings (SSSR count). The van der Waals surface area contributed by atoms with E-state index in [2.05, 4.69) is 5.10 Å². The molecular formula is C28H31ClFN3O6S. The van der Waals surface area contributed by atoms with Crippen molar-refractivity contribution in [3.8, 4) is 11.6 Å². The number of ether oxygens (including phenoxy) is 3. The minimum atomic E-state index is -4.18. The predicted octanol–water partition coefficient (Wildman–Crippen LogP) is 5.56. The molecular weight excluding hydrogens is 561 g/mol. The van der Waals surface area contributed by atoms with Crippen molar-refractivity contribution in [2.45, 2.75) is 51.2 Å². The van der Waals surface area contributed by atoms with Crippen LogP contribution in [-0.4, -0.2) is 50.5 Å². The van der Waals surface area contributed by atoms with Gasteiger partial charge in [-0.15, -0.1) is 5.10 Å². The van der Waals surface area contributed by atoms with Crippen molar-refractivity contribution >= 4 is 44.9 Å². The number of hydrogen-bond acceptors (Lipinski definition) is 7. The summed E-state index contributed by atoms with van der Waals surface area (Å²) in [5.74, 6) is -0.556. The number of benzene rings is 2. The maximum Gasteiger partial charge on any atom is 0.305 e. The minimum Gasteiger partial charge on any atom is -0.486 e. The minimum absolute atomic E-state index is 0.00425. The molecule has 1 aromatic heterocycles. The third kappa shape index (κ3) is 6.10. The molecule has 0 fully saturated rings. The molecule has 214 valence electrons. The van der Waals surface area contributed by atoms with Crippen molar-refractivity contribution < 1.29 is 31.8 Å². The molecule has 40 heavy (non-hydrogen) atoms. The van der Waals surface area contributed by atoms with Gasteiger partial charge < -0.3 is 14.2 Å². The number of nitrogens with zero attached hydrogens (tertiary/aromatic N) is 3. The zero-order chi connectivity index (χ0) is 29.0. The molecule has 9 nitrogen and oxygen atoms in total. The Balaban J connectivity index is 1.80. The number of aromatic nitrogens is 2. The first kappa shape index (κ1) is 29.4. The summed E-state index contributed by atoms with van der Waals surface area (Å²) in [6.07, 6.45) is 2.86. The van der Waals surface area contributed by atoms with E-state index in [4.69, 9.17) is 25.8 Å². The zero-order valence-corrected chi connectivity index (χ0v) is 24.3. The van der Waals surface area contributed by atoms with Crippen molar-refractivity contribution in [2.75, 3.05) is 24.6 Å². The van der Waals surface area contributed by atoms with Crippen molar-refractivity contribution in [2.24, 2.45) is 0 Å². The van der Waals surface area contributed by atoms with Gasteiger partial charge in [0.05, 0.1) is 31.0 Å². The van der Waals surface area contributed by atoms with E-state index in [9.17, 15) is 17.6 Å². The van der Waals surface area contributed by atoms with E-state index in [1.165, 1.54) is 34.4 Å². The van der Waals surface area contributed by atoms with Gasteiger partial charge in [-0.05, 0) is 62.6 Å². The van der Waals surface area contributed by atoms with Crippen LogP contribution < -0.4 is 13.8 Å². The molecule has 0 aliphatic carbocycles. The Morgan fingerprint density at radius 2 is 2.05 bits per heavy atom. The van der Waals surface area contributed by atoms with Gasteiger partial charge in [0, 0.05) is 24.7 Å². The van der Waals surface area contributed by atoms with Crippen molar-refractivity contribution in [3.63, 3.8) is 0 Å². The van der Waals surface area contributed by atoms with Gasteiger partial charge in [0.1, 0.15) is 17.7 Å². The van der Waals surface area contributed by atoms with Crippen LogP contribution in [0.15, 0.2) is 47.5 Å². The molecule has 3 aromatic rings. The Bertz CT molecular complexity index is 1520. The molecule has 0 N–H and O–H groups in total. The van der Waals surface area contributed by atoms with E-state index in [-0.39, 0.29) is 47.4 Å². The number of rotatable bonds is 10. The number of allylic oxidation sites excluding steroid dienone is 1. The number of carbonyl (C=O) groups excluding carboxylic acids is 1. The Morgan fingerprint density at radius 3 is 2.73 bits per heavy atom. The summed E-state index contributed by atoms with van der Waals surface area (Å²) in [6, 6.07) is 9.52. The van der Waals surface area contributed by atoms with Gasteiger partial charge in [0.15, 0.2) is 4.90 Å². The number of carbonyl (C=O) groups is 1. The second kappa shape index (κ2) is 12.3. The smallest absolute Gasteiger partial charge is 0.305 e. The fraction of sp³-hybridized carbons (Fsp3) is 0.357. The van der Waals surface area contributed by atoms with E-state index >= 15 is 0 Å². The van der Waals surface area contributed by atoms with Gasteiger partial charge in [-0.25, -0.2) is 12.8 Å². The summed E-state index contributed by atoms with van der Waals surface area (Å²) in [5.41, 5.74) is 1.73. The van der Waals surface area contributed by atoms with E-state index < -0.39 is 27.9 Å². The molecule has 0 radical (unpaired) electrons. The van der Waals surface area contributed by atoms with Crippen molar-refractivity contribution in [3.05, 3.63) is 64.6 Å². The first-order chi connectivity index (χ1) is 19.1. The van der Waals surface area contributed by atoms with Crippen LogP contribution in [0.1, 0.15) is 44.7 Å². The van der Waals surface area contributed by atoms with E-state index in [1.54, 1.807) is 44.2 Å². The number of sulfonamides is 1. The molecule has 0 saturated carbocycles. The number of aryl methyl sites for hydroxylation is 1. The summed E-state index contributed by atoms with van der Waals surface area (Å²) in [7, 11) is -2.88. The highest BCUT2D eigenvalue weighted by atomic mass is 35.5. The molecule has 2 heterocycles. The van der Waals surface area contributed by atoms with Crippen LogP contribution >= 0.6 is 11.6 Å². The Labute approximate surface area is 238 Å². The van der Waals surface area contributed by atoms with Crippen LogP contribution in [0.4, 0.5) is 10.1 Å². The average molecular weight is 592 g/mol. The first-order valence-corrected chi connectivity index (χ1v) is 14.6. The summed E-state index contributed by atoms with van der Waals surface area (Å²) in [4.78, 5) is 11.7. The fourth-order valence-corrected chi connectivity index (χ4v) is 6.34. The van der Waals surface area contributed by atoms with Crippen LogP contribution in [-0.2, 0) is 26.1 Å². The van der Waals surface area contributed by atoms with Gasteiger partial charge in [-0.1, -0.05) is 29.8 Å². The lowest BCUT2D eigenvalue weighted by Crippen LogP contribution is -2.43. The van der Waals surface area contributed by atoms with Crippen molar-refractivity contribution in [1.82, 2.24) is 9.78 Å². The number of hydrogen-bond donors (Lipinski definition) is 0. The molecule has 0 amide bonds. The van der Waals surface area contributed by atoms with E-state index in [1.807, 2.05) is 6.92 Å². The molecule has 0 spiro atoms. The summed E-state index contributed by atoms with van der Waals surface area (Å²) in [6.45, 7) is 5.94. The summed E-state index contributed by atoms with van der Waals surface area (Å²) in [5, 5.41) is 4.54. The normalized spacial score (nSPS) is 15.4. The lowest BCUT2D eigenvalue weighted by atomic mass is 10.0. The maximum atomic E-state index is 14.5. The summed E-state index contributed by atoms with van der Waals surface area (Å²) < 4.78 is 61.9. The monoisotopic (exact) mass is 591 g/mol. The summed E-state index contributed by atoms with van der Waals surface area (Å²) >= 11 is 6.25. The third-order valence-corrected chi connectivity index (χ3v) is 8.50. The standard InChI is InChI=1S/C28H31ClFN3O6S/c1-5-32-17-25(28(31-32)38-6-2)40(35,36)33-16-20(11-13-26(34)37-4)39-24-12-10-19(15-23(24)33)14-18(3)27-21(29)8-7-9-22(27)30/h7-10,12,14-15,17,20H,5-6,11,13,16H2,1-4H3/b18-14+/t20-/m0/s1. The zero-order valence-electron chi connectivity index (χ0n) is 22.7. The molecule has 1 aliphatic heterocycles. The highest BCUT2D eigenvalue weighted by Gasteiger charge is 2.38. The maximum absolute atomic E-state index is 14.5. The number of halogens is 2. The van der Waals surface area contributed by atoms with Gasteiger partial charge in [0.25, 0.3) is 15.9 Å². The second-order valence-electron chi connectivity index (χ2n) is 9.13. The van der Waals surface area contributed by atoms with Gasteiger partial charge in [-0.2, -0.15) is 0 Å². The van der Waals surface area contributed by atoms with Crippen LogP contribution in [0, 0.1) is 5.82 Å². The van der Waals surface area contributed by atoms with Gasteiger partial charge >= 0.3 is 5.97 Å². The Kier molecular flexibility index (Phi) is 9.05. The largest absolute Gasteiger partial charge is 0.486 e. The first-order valence-electron chi connectivity index (χ1n) is 12.8. The fourth-order valence-electron chi connectivity index (χ4n) is 4.45. The SMILES string of the molecule is CCOc1nn(CC)cc1S(=O)(=O)N1C[C@H](CCC(=O)OC)Oc2ccc(/C=C(\C)c3c(F)cccc3Cl)cc21. The van der Waals surface area contributed by atoms with Gasteiger partial charge in [0.2, 0.25) is 0 Å². The number of fused-ring (bicyclic) bond motifs is 1. The third-order valence-electron chi connectivity index (χ3n) is 6.42. The topological polar surface area (TPSA) is 100.0 Å². The van der Waals surface area contributed by atoms with Crippen molar-refractivity contribution in [1.29, 1.82) is 0 Å². The number of methoxy groups -OCH3 is 1. The predicted molar refractivity (Wildman–Crippen MR) is 151 cm³/mol. The molecule has 12 heteroatoms. The molecule has 1 atom stereocenters. The van der Waals surface area contributed by atoms with Crippen LogP contribution in [0.5, 0.6) is 11.6 Å². The van der Waals surface area contributed by atoms with Crippen LogP contribution in [0.25, 0.3) is 11.6 Å². The lowest BCUT2D eigenvalue weighted by Gasteiger charge is -2.35. The molecule has 2 aromatic carbocycles.